The highest BCUT2D eigenvalue weighted by Crippen LogP contribution is 2.31. The Bertz CT molecular complexity index is 1810. The number of nitrogens with one attached hydrogen (secondary N) is 1. The van der Waals surface area contributed by atoms with Crippen LogP contribution in [0.15, 0.2) is 97.2 Å². The fraction of sp³-hybridized carbons (Fsp3) is 0.114. The number of nitrogens with zero attached hydrogens (tertiary/aromatic N) is 2. The maximum atomic E-state index is 11.9. The van der Waals surface area contributed by atoms with Crippen molar-refractivity contribution in [3.8, 4) is 22.4 Å². The predicted molar refractivity (Wildman–Crippen MR) is 176 cm³/mol. The number of esters is 2. The number of imidazole rings is 1. The van der Waals surface area contributed by atoms with E-state index in [1.807, 2.05) is 89.6 Å². The quantitative estimate of drug-likeness (QED) is 0.158. The molecule has 0 bridgehead atoms. The smallest absolute Gasteiger partial charge is 0.337 e. The van der Waals surface area contributed by atoms with Gasteiger partial charge in [0.2, 0.25) is 0 Å². The zero-order valence-electron chi connectivity index (χ0n) is 24.1. The van der Waals surface area contributed by atoms with E-state index >= 15 is 0 Å². The van der Waals surface area contributed by atoms with Crippen LogP contribution in [-0.2, 0) is 20.8 Å². The maximum absolute atomic E-state index is 11.9. The first-order valence-corrected chi connectivity index (χ1v) is 14.5. The molecular weight excluding hydrogens is 597 g/mol. The number of anilines is 1. The number of carbonyl (C=O) groups is 2. The number of rotatable bonds is 10. The van der Waals surface area contributed by atoms with Gasteiger partial charge in [0.1, 0.15) is 12.4 Å². The van der Waals surface area contributed by atoms with E-state index in [4.69, 9.17) is 37.7 Å². The minimum Gasteiger partial charge on any atom is -0.468 e. The zero-order chi connectivity index (χ0) is 31.1. The Hall–Kier alpha value is -4.85. The van der Waals surface area contributed by atoms with Crippen molar-refractivity contribution in [1.82, 2.24) is 9.55 Å². The van der Waals surface area contributed by atoms with Gasteiger partial charge in [-0.1, -0.05) is 77.8 Å². The summed E-state index contributed by atoms with van der Waals surface area (Å²) in [5.41, 5.74) is 6.87. The van der Waals surface area contributed by atoms with Crippen molar-refractivity contribution < 1.29 is 19.1 Å². The van der Waals surface area contributed by atoms with E-state index in [1.54, 1.807) is 24.3 Å². The Morgan fingerprint density at radius 2 is 1.64 bits per heavy atom. The van der Waals surface area contributed by atoms with Crippen molar-refractivity contribution in [3.05, 3.63) is 130 Å². The summed E-state index contributed by atoms with van der Waals surface area (Å²) in [5, 5.41) is 4.14. The van der Waals surface area contributed by atoms with E-state index in [-0.39, 0.29) is 18.5 Å². The molecule has 7 nitrogen and oxygen atoms in total. The fourth-order valence-electron chi connectivity index (χ4n) is 4.59. The first-order valence-electron chi connectivity index (χ1n) is 13.7. The summed E-state index contributed by atoms with van der Waals surface area (Å²) in [7, 11) is 2.73. The number of hydrogen-bond acceptors (Lipinski definition) is 6. The molecule has 222 valence electrons. The van der Waals surface area contributed by atoms with Crippen molar-refractivity contribution in [2.75, 3.05) is 26.1 Å². The highest BCUT2D eigenvalue weighted by atomic mass is 35.5. The van der Waals surface area contributed by atoms with Crippen LogP contribution < -0.4 is 5.32 Å². The number of hydrogen-bond donors (Lipinski definition) is 1. The molecule has 1 aromatic heterocycles. The molecule has 9 heteroatoms. The number of aromatic nitrogens is 2. The molecule has 1 heterocycles. The van der Waals surface area contributed by atoms with Crippen molar-refractivity contribution in [1.29, 1.82) is 0 Å². The lowest BCUT2D eigenvalue weighted by atomic mass is 10.0. The van der Waals surface area contributed by atoms with Crippen LogP contribution in [0.3, 0.4) is 0 Å². The molecular formula is C35H29Cl2N3O4. The fourth-order valence-corrected chi connectivity index (χ4v) is 5.10. The Labute approximate surface area is 265 Å². The van der Waals surface area contributed by atoms with Gasteiger partial charge < -0.3 is 19.4 Å². The lowest BCUT2D eigenvalue weighted by Crippen LogP contribution is -2.14. The third-order valence-electron chi connectivity index (χ3n) is 6.94. The van der Waals surface area contributed by atoms with Gasteiger partial charge in [-0.15, -0.1) is 0 Å². The van der Waals surface area contributed by atoms with Crippen molar-refractivity contribution >= 4 is 53.0 Å². The van der Waals surface area contributed by atoms with Gasteiger partial charge in [-0.2, -0.15) is 0 Å². The largest absolute Gasteiger partial charge is 0.468 e. The van der Waals surface area contributed by atoms with E-state index in [0.717, 1.165) is 39.3 Å². The summed E-state index contributed by atoms with van der Waals surface area (Å²) >= 11 is 12.6. The summed E-state index contributed by atoms with van der Waals surface area (Å²) in [4.78, 5) is 28.2. The Morgan fingerprint density at radius 3 is 2.34 bits per heavy atom. The molecule has 0 saturated heterocycles. The SMILES string of the molecule is COC(=O)CNc1cccc(-c2ccc(C=Cc3nc(-c4ccc(Cl)cc4Cl)cn3Cc3ccc(C(=O)OC)cc3)cc2)c1. The molecule has 1 N–H and O–H groups in total. The Kier molecular flexibility index (Phi) is 9.79. The minimum absolute atomic E-state index is 0.101. The molecule has 0 aliphatic carbocycles. The van der Waals surface area contributed by atoms with Crippen LogP contribution in [-0.4, -0.2) is 42.3 Å². The molecule has 4 aromatic carbocycles. The van der Waals surface area contributed by atoms with Gasteiger partial charge in [0.25, 0.3) is 0 Å². The minimum atomic E-state index is -0.378. The number of ether oxygens (including phenoxy) is 2. The molecule has 0 fully saturated rings. The van der Waals surface area contributed by atoms with Gasteiger partial charge in [-0.05, 0) is 70.8 Å². The standard InChI is InChI=1S/C35H29Cl2N3O4/c1-43-34(41)20-38-29-5-3-4-27(18-29)25-11-6-23(7-12-25)10-17-33-39-32(30-16-15-28(36)19-31(30)37)22-40(33)21-24-8-13-26(14-9-24)35(42)44-2/h3-19,22,38H,20-21H2,1-2H3. The summed E-state index contributed by atoms with van der Waals surface area (Å²) < 4.78 is 11.5. The first-order chi connectivity index (χ1) is 21.3. The topological polar surface area (TPSA) is 82.5 Å². The molecule has 5 aromatic rings. The third kappa shape index (κ3) is 7.56. The Balaban J connectivity index is 1.39. The Morgan fingerprint density at radius 1 is 0.864 bits per heavy atom. The van der Waals surface area contributed by atoms with E-state index in [2.05, 4.69) is 5.32 Å². The molecule has 44 heavy (non-hydrogen) atoms. The van der Waals surface area contributed by atoms with Gasteiger partial charge >= 0.3 is 11.9 Å². The van der Waals surface area contributed by atoms with E-state index in [0.29, 0.717) is 27.8 Å². The third-order valence-corrected chi connectivity index (χ3v) is 7.49. The number of carbonyl (C=O) groups excluding carboxylic acids is 2. The average Bonchev–Trinajstić information content (AvgIpc) is 3.44. The van der Waals surface area contributed by atoms with Crippen molar-refractivity contribution in [3.63, 3.8) is 0 Å². The second-order valence-electron chi connectivity index (χ2n) is 9.89. The normalized spacial score (nSPS) is 11.0. The van der Waals surface area contributed by atoms with Crippen molar-refractivity contribution in [2.24, 2.45) is 0 Å². The molecule has 0 amide bonds. The van der Waals surface area contributed by atoms with Crippen LogP contribution in [0.5, 0.6) is 0 Å². The number of benzene rings is 4. The second-order valence-corrected chi connectivity index (χ2v) is 10.7. The van der Waals surface area contributed by atoms with Crippen LogP contribution >= 0.6 is 23.2 Å². The lowest BCUT2D eigenvalue weighted by molar-refractivity contribution is -0.138. The molecule has 0 atom stereocenters. The van der Waals surface area contributed by atoms with Crippen LogP contribution in [0.2, 0.25) is 10.0 Å². The van der Waals surface area contributed by atoms with Gasteiger partial charge in [-0.3, -0.25) is 4.79 Å². The summed E-state index contributed by atoms with van der Waals surface area (Å²) in [6.07, 6.45) is 5.92. The molecule has 0 aliphatic heterocycles. The average molecular weight is 627 g/mol. The van der Waals surface area contributed by atoms with E-state index in [9.17, 15) is 9.59 Å². The molecule has 0 unspecified atom stereocenters. The van der Waals surface area contributed by atoms with Crippen LogP contribution in [0.25, 0.3) is 34.5 Å². The van der Waals surface area contributed by atoms with Gasteiger partial charge in [0.05, 0.1) is 30.5 Å². The van der Waals surface area contributed by atoms with Crippen LogP contribution in [0.4, 0.5) is 5.69 Å². The second kappa shape index (κ2) is 14.1. The number of methoxy groups -OCH3 is 2. The first kappa shape index (κ1) is 30.6. The predicted octanol–water partition coefficient (Wildman–Crippen LogP) is 8.11. The molecule has 0 radical (unpaired) electrons. The highest BCUT2D eigenvalue weighted by molar-refractivity contribution is 6.36. The maximum Gasteiger partial charge on any atom is 0.337 e. The molecule has 0 saturated carbocycles. The van der Waals surface area contributed by atoms with Crippen LogP contribution in [0.1, 0.15) is 27.3 Å². The monoisotopic (exact) mass is 625 g/mol. The van der Waals surface area contributed by atoms with Gasteiger partial charge in [-0.25, -0.2) is 9.78 Å². The molecule has 5 rings (SSSR count). The van der Waals surface area contributed by atoms with Gasteiger partial charge in [0.15, 0.2) is 0 Å². The molecule has 0 aliphatic rings. The summed E-state index contributed by atoms with van der Waals surface area (Å²) in [6.45, 7) is 0.628. The summed E-state index contributed by atoms with van der Waals surface area (Å²) in [5.74, 6) is 0.0278. The molecule has 0 spiro atoms. The van der Waals surface area contributed by atoms with E-state index < -0.39 is 0 Å². The number of halogens is 2. The van der Waals surface area contributed by atoms with Crippen molar-refractivity contribution in [2.45, 2.75) is 6.54 Å². The summed E-state index contributed by atoms with van der Waals surface area (Å²) in [6, 6.07) is 28.7. The highest BCUT2D eigenvalue weighted by Gasteiger charge is 2.13. The lowest BCUT2D eigenvalue weighted by Gasteiger charge is -2.08. The van der Waals surface area contributed by atoms with Gasteiger partial charge in [0, 0.05) is 29.0 Å². The van der Waals surface area contributed by atoms with E-state index in [1.165, 1.54) is 14.2 Å². The van der Waals surface area contributed by atoms with Crippen LogP contribution in [0, 0.1) is 0 Å². The zero-order valence-corrected chi connectivity index (χ0v) is 25.6.